The standard InChI is InChI=1S/C16H23BrN4O3/c1-16(2,3)21(15(23)24)11-4-6-20(7-5-11)13-9-10(14(18)22)8-12(17)19-13/h8-9,11H,4-7H2,1-3H3,(H2,18,22)(H,23,24). The van der Waals surface area contributed by atoms with Gasteiger partial charge in [0.1, 0.15) is 10.4 Å². The minimum absolute atomic E-state index is 0.0264. The third-order valence-electron chi connectivity index (χ3n) is 4.15. The molecular weight excluding hydrogens is 376 g/mol. The molecule has 0 unspecified atom stereocenters. The fourth-order valence-corrected chi connectivity index (χ4v) is 3.56. The van der Waals surface area contributed by atoms with Crippen LogP contribution in [0.2, 0.25) is 0 Å². The summed E-state index contributed by atoms with van der Waals surface area (Å²) in [5.74, 6) is 0.174. The van der Waals surface area contributed by atoms with Crippen LogP contribution in [-0.2, 0) is 0 Å². The first-order valence-electron chi connectivity index (χ1n) is 7.84. The normalized spacial score (nSPS) is 16.1. The Balaban J connectivity index is 2.13. The highest BCUT2D eigenvalue weighted by molar-refractivity contribution is 9.10. The van der Waals surface area contributed by atoms with E-state index in [4.69, 9.17) is 5.73 Å². The van der Waals surface area contributed by atoms with Gasteiger partial charge in [0.25, 0.3) is 0 Å². The number of carboxylic acid groups (broad SMARTS) is 1. The molecule has 0 aliphatic carbocycles. The van der Waals surface area contributed by atoms with Gasteiger partial charge in [0, 0.05) is 30.2 Å². The molecule has 0 saturated carbocycles. The highest BCUT2D eigenvalue weighted by Crippen LogP contribution is 2.27. The van der Waals surface area contributed by atoms with Gasteiger partial charge in [0.2, 0.25) is 5.91 Å². The van der Waals surface area contributed by atoms with Gasteiger partial charge in [-0.15, -0.1) is 0 Å². The van der Waals surface area contributed by atoms with Gasteiger partial charge >= 0.3 is 6.09 Å². The first kappa shape index (κ1) is 18.5. The van der Waals surface area contributed by atoms with Gasteiger partial charge in [-0.25, -0.2) is 9.78 Å². The van der Waals surface area contributed by atoms with Crippen LogP contribution in [-0.4, -0.2) is 51.7 Å². The predicted molar refractivity (Wildman–Crippen MR) is 95.3 cm³/mol. The van der Waals surface area contributed by atoms with Crippen LogP contribution in [0.5, 0.6) is 0 Å². The quantitative estimate of drug-likeness (QED) is 0.762. The molecule has 1 aromatic heterocycles. The van der Waals surface area contributed by atoms with Crippen molar-refractivity contribution in [1.82, 2.24) is 9.88 Å². The number of primary amides is 1. The molecule has 1 aliphatic heterocycles. The number of hydrogen-bond acceptors (Lipinski definition) is 4. The zero-order valence-corrected chi connectivity index (χ0v) is 15.7. The van der Waals surface area contributed by atoms with E-state index in [0.29, 0.717) is 41.9 Å². The monoisotopic (exact) mass is 398 g/mol. The number of aromatic nitrogens is 1. The number of pyridine rings is 1. The molecule has 24 heavy (non-hydrogen) atoms. The van der Waals surface area contributed by atoms with Gasteiger partial charge in [-0.1, -0.05) is 0 Å². The molecule has 0 spiro atoms. The lowest BCUT2D eigenvalue weighted by Crippen LogP contribution is -2.54. The van der Waals surface area contributed by atoms with Crippen molar-refractivity contribution in [3.63, 3.8) is 0 Å². The summed E-state index contributed by atoms with van der Waals surface area (Å²) in [6, 6.07) is 3.23. The maximum Gasteiger partial charge on any atom is 0.407 e. The molecule has 1 saturated heterocycles. The van der Waals surface area contributed by atoms with Crippen LogP contribution in [0.15, 0.2) is 16.7 Å². The number of rotatable bonds is 3. The molecular formula is C16H23BrN4O3. The highest BCUT2D eigenvalue weighted by atomic mass is 79.9. The topological polar surface area (TPSA) is 99.8 Å². The molecule has 8 heteroatoms. The van der Waals surface area contributed by atoms with Crippen LogP contribution in [0.3, 0.4) is 0 Å². The van der Waals surface area contributed by atoms with Crippen molar-refractivity contribution in [1.29, 1.82) is 0 Å². The summed E-state index contributed by atoms with van der Waals surface area (Å²) >= 11 is 3.30. The Morgan fingerprint density at radius 1 is 1.33 bits per heavy atom. The first-order valence-corrected chi connectivity index (χ1v) is 8.63. The molecule has 0 bridgehead atoms. The fourth-order valence-electron chi connectivity index (χ4n) is 3.13. The van der Waals surface area contributed by atoms with Gasteiger partial charge in [0.05, 0.1) is 0 Å². The highest BCUT2D eigenvalue weighted by Gasteiger charge is 2.35. The number of carbonyl (C=O) groups excluding carboxylic acids is 1. The number of carbonyl (C=O) groups is 2. The number of nitrogens with two attached hydrogens (primary N) is 1. The van der Waals surface area contributed by atoms with Gasteiger partial charge in [-0.05, 0) is 61.7 Å². The van der Waals surface area contributed by atoms with E-state index in [1.807, 2.05) is 20.8 Å². The van der Waals surface area contributed by atoms with E-state index in [0.717, 1.165) is 0 Å². The first-order chi connectivity index (χ1) is 11.1. The van der Waals surface area contributed by atoms with E-state index in [-0.39, 0.29) is 6.04 Å². The SMILES string of the molecule is CC(C)(C)N(C(=O)O)C1CCN(c2cc(C(N)=O)cc(Br)n2)CC1. The Labute approximate surface area is 150 Å². The molecule has 0 radical (unpaired) electrons. The Morgan fingerprint density at radius 2 is 1.92 bits per heavy atom. The zero-order valence-electron chi connectivity index (χ0n) is 14.1. The van der Waals surface area contributed by atoms with Crippen LogP contribution in [0.4, 0.5) is 10.6 Å². The van der Waals surface area contributed by atoms with Gasteiger partial charge in [0.15, 0.2) is 0 Å². The van der Waals surface area contributed by atoms with Crippen molar-refractivity contribution in [2.24, 2.45) is 5.73 Å². The van der Waals surface area contributed by atoms with Gasteiger partial charge < -0.3 is 20.6 Å². The summed E-state index contributed by atoms with van der Waals surface area (Å²) in [6.45, 7) is 7.06. The van der Waals surface area contributed by atoms with Crippen LogP contribution < -0.4 is 10.6 Å². The summed E-state index contributed by atoms with van der Waals surface area (Å²) in [4.78, 5) is 31.0. The van der Waals surface area contributed by atoms with Crippen molar-refractivity contribution in [2.45, 2.75) is 45.2 Å². The number of hydrogen-bond donors (Lipinski definition) is 2. The molecule has 0 aromatic carbocycles. The summed E-state index contributed by atoms with van der Waals surface area (Å²) in [6.07, 6.45) is 0.533. The molecule has 7 nitrogen and oxygen atoms in total. The largest absolute Gasteiger partial charge is 0.465 e. The summed E-state index contributed by atoms with van der Waals surface area (Å²) < 4.78 is 0.553. The Hall–Kier alpha value is -1.83. The lowest BCUT2D eigenvalue weighted by atomic mass is 9.97. The van der Waals surface area contributed by atoms with E-state index < -0.39 is 17.5 Å². The molecule has 1 aliphatic rings. The second-order valence-corrected chi connectivity index (χ2v) is 7.76. The van der Waals surface area contributed by atoms with E-state index in [9.17, 15) is 14.7 Å². The average molecular weight is 399 g/mol. The smallest absolute Gasteiger partial charge is 0.407 e. The summed E-state index contributed by atoms with van der Waals surface area (Å²) in [5.41, 5.74) is 5.31. The predicted octanol–water partition coefficient (Wildman–Crippen LogP) is 2.69. The number of halogens is 1. The van der Waals surface area contributed by atoms with E-state index in [1.54, 1.807) is 12.1 Å². The second kappa shape index (κ2) is 6.96. The maximum absolute atomic E-state index is 11.6. The van der Waals surface area contributed by atoms with E-state index >= 15 is 0 Å². The van der Waals surface area contributed by atoms with Crippen LogP contribution in [0.25, 0.3) is 0 Å². The van der Waals surface area contributed by atoms with Crippen molar-refractivity contribution in [2.75, 3.05) is 18.0 Å². The van der Waals surface area contributed by atoms with Gasteiger partial charge in [-0.3, -0.25) is 4.79 Å². The molecule has 2 heterocycles. The zero-order chi connectivity index (χ0) is 18.1. The van der Waals surface area contributed by atoms with Crippen LogP contribution in [0.1, 0.15) is 44.0 Å². The Kier molecular flexibility index (Phi) is 5.37. The molecule has 2 amide bonds. The lowest BCUT2D eigenvalue weighted by molar-refractivity contribution is 0.0615. The molecule has 1 aromatic rings. The average Bonchev–Trinajstić information content (AvgIpc) is 2.45. The van der Waals surface area contributed by atoms with Crippen LogP contribution >= 0.6 is 15.9 Å². The minimum Gasteiger partial charge on any atom is -0.465 e. The summed E-state index contributed by atoms with van der Waals surface area (Å²) in [5, 5.41) is 9.52. The minimum atomic E-state index is -0.891. The maximum atomic E-state index is 11.6. The second-order valence-electron chi connectivity index (χ2n) is 6.94. The summed E-state index contributed by atoms with van der Waals surface area (Å²) in [7, 11) is 0. The molecule has 132 valence electrons. The lowest BCUT2D eigenvalue weighted by Gasteiger charge is -2.43. The Morgan fingerprint density at radius 3 is 2.38 bits per heavy atom. The number of piperidine rings is 1. The molecule has 2 rings (SSSR count). The Bertz CT molecular complexity index is 637. The molecule has 0 atom stereocenters. The molecule has 1 fully saturated rings. The van der Waals surface area contributed by atoms with Gasteiger partial charge in [-0.2, -0.15) is 0 Å². The van der Waals surface area contributed by atoms with Crippen LogP contribution in [0, 0.1) is 0 Å². The fraction of sp³-hybridized carbons (Fsp3) is 0.562. The third-order valence-corrected chi connectivity index (χ3v) is 4.55. The third kappa shape index (κ3) is 4.17. The van der Waals surface area contributed by atoms with E-state index in [2.05, 4.69) is 25.8 Å². The van der Waals surface area contributed by atoms with Crippen molar-refractivity contribution >= 4 is 33.7 Å². The number of anilines is 1. The number of nitrogens with zero attached hydrogens (tertiary/aromatic N) is 3. The number of amides is 2. The van der Waals surface area contributed by atoms with E-state index in [1.165, 1.54) is 4.90 Å². The van der Waals surface area contributed by atoms with Crippen molar-refractivity contribution in [3.8, 4) is 0 Å². The van der Waals surface area contributed by atoms with Crippen molar-refractivity contribution in [3.05, 3.63) is 22.3 Å². The van der Waals surface area contributed by atoms with Crippen molar-refractivity contribution < 1.29 is 14.7 Å². The molecule has 3 N–H and O–H groups in total.